The Morgan fingerprint density at radius 1 is 1.62 bits per heavy atom. The predicted octanol–water partition coefficient (Wildman–Crippen LogP) is 0.915. The lowest BCUT2D eigenvalue weighted by molar-refractivity contribution is 0.606. The van der Waals surface area contributed by atoms with E-state index in [-0.39, 0.29) is 0 Å². The van der Waals surface area contributed by atoms with E-state index < -0.39 is 11.2 Å². The van der Waals surface area contributed by atoms with E-state index in [1.807, 2.05) is 13.0 Å². The van der Waals surface area contributed by atoms with Crippen LogP contribution >= 0.6 is 0 Å². The van der Waals surface area contributed by atoms with Crippen molar-refractivity contribution in [3.05, 3.63) is 0 Å². The van der Waals surface area contributed by atoms with Crippen LogP contribution in [0, 0.1) is 11.3 Å². The molecule has 0 spiro atoms. The van der Waals surface area contributed by atoms with Gasteiger partial charge in [0.15, 0.2) is 0 Å². The van der Waals surface area contributed by atoms with E-state index in [0.717, 1.165) is 0 Å². The molecule has 0 unspecified atom stereocenters. The standard InChI is InChI=1S/C3H5N.C2H6OS/c1-2-3-4;1-4(2)3/h2H2,1H3;1-2H3. The summed E-state index contributed by atoms with van der Waals surface area (Å²) in [5.74, 6) is 0. The Morgan fingerprint density at radius 3 is 1.75 bits per heavy atom. The van der Waals surface area contributed by atoms with Crippen LogP contribution in [-0.2, 0) is 11.2 Å². The molecule has 0 atom stereocenters. The monoisotopic (exact) mass is 133 g/mol. The van der Waals surface area contributed by atoms with Crippen molar-refractivity contribution in [2.24, 2.45) is 0 Å². The summed E-state index contributed by atoms with van der Waals surface area (Å²) in [6.07, 6.45) is 3.90. The van der Waals surface area contributed by atoms with Crippen molar-refractivity contribution in [1.29, 1.82) is 5.26 Å². The fourth-order valence-electron chi connectivity index (χ4n) is 0. The minimum absolute atomic E-state index is 0.611. The molecular formula is C5H11NOS. The topological polar surface area (TPSA) is 46.8 Å². The molecular weight excluding hydrogens is 122 g/mol. The summed E-state index contributed by atoms with van der Waals surface area (Å²) < 4.78 is 9.56. The number of hydrogen-bond donors (Lipinski definition) is 0. The molecule has 0 saturated heterocycles. The first-order chi connectivity index (χ1) is 3.65. The van der Waals surface area contributed by atoms with E-state index in [0.29, 0.717) is 6.42 Å². The minimum atomic E-state index is -0.611. The first-order valence-corrected chi connectivity index (χ1v) is 4.23. The van der Waals surface area contributed by atoms with Gasteiger partial charge in [-0.05, 0) is 0 Å². The van der Waals surface area contributed by atoms with Crippen LogP contribution in [0.3, 0.4) is 0 Å². The van der Waals surface area contributed by atoms with Crippen LogP contribution < -0.4 is 0 Å². The van der Waals surface area contributed by atoms with Gasteiger partial charge in [0, 0.05) is 6.42 Å². The normalized spacial score (nSPS) is 7.00. The van der Waals surface area contributed by atoms with Gasteiger partial charge in [-0.2, -0.15) is 5.26 Å². The summed E-state index contributed by atoms with van der Waals surface area (Å²) in [6, 6.07) is 1.93. The van der Waals surface area contributed by atoms with Crippen molar-refractivity contribution in [2.45, 2.75) is 13.3 Å². The molecule has 0 heterocycles. The Balaban J connectivity index is 0. The molecule has 0 aromatic heterocycles. The summed E-state index contributed by atoms with van der Waals surface area (Å²) in [4.78, 5) is 0. The van der Waals surface area contributed by atoms with Crippen molar-refractivity contribution in [2.75, 3.05) is 12.5 Å². The zero-order chi connectivity index (χ0) is 6.99. The highest BCUT2D eigenvalue weighted by Crippen LogP contribution is 1.61. The summed E-state index contributed by atoms with van der Waals surface area (Å²) in [5.41, 5.74) is 0. The lowest BCUT2D eigenvalue weighted by Crippen LogP contribution is -1.86. The van der Waals surface area contributed by atoms with Crippen LogP contribution in [0.15, 0.2) is 0 Å². The quantitative estimate of drug-likeness (QED) is 0.461. The maximum atomic E-state index is 9.56. The Labute approximate surface area is 53.7 Å². The molecule has 0 radical (unpaired) electrons. The van der Waals surface area contributed by atoms with Gasteiger partial charge in [0.1, 0.15) is 0 Å². The molecule has 0 aliphatic heterocycles. The van der Waals surface area contributed by atoms with Gasteiger partial charge in [0.2, 0.25) is 0 Å². The highest BCUT2D eigenvalue weighted by atomic mass is 32.2. The maximum absolute atomic E-state index is 9.56. The van der Waals surface area contributed by atoms with E-state index in [9.17, 15) is 4.55 Å². The molecule has 3 heteroatoms. The second kappa shape index (κ2) is 9.93. The third-order valence-electron chi connectivity index (χ3n) is 0.158. The van der Waals surface area contributed by atoms with Crippen molar-refractivity contribution in [1.82, 2.24) is 0 Å². The molecule has 0 aliphatic rings. The van der Waals surface area contributed by atoms with Gasteiger partial charge in [-0.1, -0.05) is 18.1 Å². The van der Waals surface area contributed by atoms with Crippen LogP contribution in [0.25, 0.3) is 0 Å². The zero-order valence-electron chi connectivity index (χ0n) is 5.47. The molecule has 0 rings (SSSR count). The van der Waals surface area contributed by atoms with Crippen LogP contribution in [0.4, 0.5) is 0 Å². The van der Waals surface area contributed by atoms with E-state index in [1.165, 1.54) is 0 Å². The van der Waals surface area contributed by atoms with Gasteiger partial charge < -0.3 is 4.55 Å². The van der Waals surface area contributed by atoms with Gasteiger partial charge in [0.05, 0.1) is 18.6 Å². The number of nitrogens with zero attached hydrogens (tertiary/aromatic N) is 1. The van der Waals surface area contributed by atoms with Crippen molar-refractivity contribution >= 4 is 11.2 Å². The highest BCUT2D eigenvalue weighted by molar-refractivity contribution is 7.89. The Morgan fingerprint density at radius 2 is 1.75 bits per heavy atom. The van der Waals surface area contributed by atoms with Crippen molar-refractivity contribution < 1.29 is 4.55 Å². The minimum Gasteiger partial charge on any atom is -0.617 e. The van der Waals surface area contributed by atoms with Gasteiger partial charge in [-0.25, -0.2) is 0 Å². The first kappa shape index (κ1) is 10.7. The molecule has 0 aromatic rings. The van der Waals surface area contributed by atoms with E-state index in [2.05, 4.69) is 0 Å². The first-order valence-electron chi connectivity index (χ1n) is 2.27. The van der Waals surface area contributed by atoms with E-state index in [1.54, 1.807) is 12.5 Å². The average molecular weight is 133 g/mol. The second-order valence-corrected chi connectivity index (χ2v) is 2.74. The largest absolute Gasteiger partial charge is 0.617 e. The Kier molecular flexibility index (Phi) is 13.3. The molecule has 0 aromatic carbocycles. The predicted molar refractivity (Wildman–Crippen MR) is 35.9 cm³/mol. The van der Waals surface area contributed by atoms with Crippen LogP contribution in [0.5, 0.6) is 0 Å². The Bertz CT molecular complexity index is 64.6. The van der Waals surface area contributed by atoms with Crippen LogP contribution in [-0.4, -0.2) is 17.1 Å². The number of nitriles is 1. The molecule has 0 bridgehead atoms. The van der Waals surface area contributed by atoms with Gasteiger partial charge >= 0.3 is 0 Å². The third-order valence-corrected chi connectivity index (χ3v) is 0.158. The maximum Gasteiger partial charge on any atom is 0.0946 e. The van der Waals surface area contributed by atoms with Crippen molar-refractivity contribution in [3.63, 3.8) is 0 Å². The molecule has 0 aliphatic carbocycles. The summed E-state index contributed by atoms with van der Waals surface area (Å²) in [6.45, 7) is 1.82. The summed E-state index contributed by atoms with van der Waals surface area (Å²) >= 11 is -0.611. The molecule has 0 N–H and O–H groups in total. The molecule has 48 valence electrons. The second-order valence-electron chi connectivity index (χ2n) is 1.25. The fraction of sp³-hybridized carbons (Fsp3) is 0.800. The average Bonchev–Trinajstić information content (AvgIpc) is 1.65. The fourth-order valence-corrected chi connectivity index (χ4v) is 0. The zero-order valence-corrected chi connectivity index (χ0v) is 6.29. The SMILES string of the molecule is CCC#N.C[S+](C)[O-]. The van der Waals surface area contributed by atoms with Gasteiger partial charge in [0.25, 0.3) is 0 Å². The summed E-state index contributed by atoms with van der Waals surface area (Å²) in [7, 11) is 0. The highest BCUT2D eigenvalue weighted by Gasteiger charge is 1.66. The van der Waals surface area contributed by atoms with Crippen molar-refractivity contribution in [3.8, 4) is 6.07 Å². The van der Waals surface area contributed by atoms with Gasteiger partial charge in [-0.3, -0.25) is 0 Å². The molecule has 8 heavy (non-hydrogen) atoms. The lowest BCUT2D eigenvalue weighted by Gasteiger charge is -1.87. The summed E-state index contributed by atoms with van der Waals surface area (Å²) in [5, 5.41) is 7.62. The molecule has 0 saturated carbocycles. The molecule has 0 amide bonds. The lowest BCUT2D eigenvalue weighted by atomic mass is 10.6. The number of hydrogen-bond acceptors (Lipinski definition) is 2. The molecule has 2 nitrogen and oxygen atoms in total. The number of rotatable bonds is 0. The van der Waals surface area contributed by atoms with Gasteiger partial charge in [-0.15, -0.1) is 0 Å². The smallest absolute Gasteiger partial charge is 0.0946 e. The molecule has 0 fully saturated rings. The van der Waals surface area contributed by atoms with Crippen LogP contribution in [0.2, 0.25) is 0 Å². The Hall–Kier alpha value is -0.200. The third kappa shape index (κ3) is 209. The van der Waals surface area contributed by atoms with Crippen LogP contribution in [0.1, 0.15) is 13.3 Å². The van der Waals surface area contributed by atoms with E-state index in [4.69, 9.17) is 5.26 Å². The van der Waals surface area contributed by atoms with E-state index >= 15 is 0 Å².